The Balaban J connectivity index is 1.82. The molecule has 0 saturated heterocycles. The van der Waals surface area contributed by atoms with Gasteiger partial charge in [0.2, 0.25) is 0 Å². The summed E-state index contributed by atoms with van der Waals surface area (Å²) in [6, 6.07) is 5.75. The van der Waals surface area contributed by atoms with Gasteiger partial charge in [0.05, 0.1) is 27.5 Å². The molecule has 0 saturated carbocycles. The summed E-state index contributed by atoms with van der Waals surface area (Å²) in [5.41, 5.74) is 4.96. The van der Waals surface area contributed by atoms with Crippen LogP contribution in [0.2, 0.25) is 0 Å². The number of nitrogens with zero attached hydrogens (tertiary/aromatic N) is 3. The van der Waals surface area contributed by atoms with Gasteiger partial charge >= 0.3 is 0 Å². The highest BCUT2D eigenvalue weighted by Crippen LogP contribution is 2.22. The second-order valence-electron chi connectivity index (χ2n) is 4.86. The number of rotatable bonds is 4. The number of hydrogen-bond acceptors (Lipinski definition) is 4. The number of amides is 1. The Morgan fingerprint density at radius 3 is 3.10 bits per heavy atom. The van der Waals surface area contributed by atoms with Crippen molar-refractivity contribution >= 4 is 33.1 Å². The third kappa shape index (κ3) is 2.67. The van der Waals surface area contributed by atoms with E-state index >= 15 is 0 Å². The standard InChI is InChI=1S/C15H16N4OS/c1-3-6-19-10(2)12(8-17-19)15(20)18-11-4-5-14-13(7-11)16-9-21-14/h4-5,7-9H,3,6H2,1-2H3,(H,18,20). The first kappa shape index (κ1) is 13.8. The second-order valence-corrected chi connectivity index (χ2v) is 5.74. The van der Waals surface area contributed by atoms with E-state index in [4.69, 9.17) is 0 Å². The first-order valence-corrected chi connectivity index (χ1v) is 7.74. The molecule has 0 fully saturated rings. The molecule has 0 atom stereocenters. The Kier molecular flexibility index (Phi) is 3.70. The van der Waals surface area contributed by atoms with E-state index in [1.165, 1.54) is 0 Å². The van der Waals surface area contributed by atoms with E-state index in [1.807, 2.05) is 29.8 Å². The minimum Gasteiger partial charge on any atom is -0.322 e. The Bertz CT molecular complexity index is 790. The van der Waals surface area contributed by atoms with Crippen LogP contribution < -0.4 is 5.32 Å². The van der Waals surface area contributed by atoms with Crippen LogP contribution in [0.15, 0.2) is 29.9 Å². The normalized spacial score (nSPS) is 11.0. The molecule has 0 bridgehead atoms. The lowest BCUT2D eigenvalue weighted by molar-refractivity contribution is 0.102. The summed E-state index contributed by atoms with van der Waals surface area (Å²) >= 11 is 1.59. The molecule has 0 unspecified atom stereocenters. The third-order valence-corrected chi connectivity index (χ3v) is 4.18. The van der Waals surface area contributed by atoms with Crippen LogP contribution in [0.5, 0.6) is 0 Å². The molecule has 1 aromatic carbocycles. The number of aryl methyl sites for hydroxylation is 1. The van der Waals surface area contributed by atoms with Gasteiger partial charge in [0.1, 0.15) is 0 Å². The van der Waals surface area contributed by atoms with Crippen molar-refractivity contribution in [1.29, 1.82) is 0 Å². The maximum Gasteiger partial charge on any atom is 0.259 e. The van der Waals surface area contributed by atoms with Gasteiger partial charge in [-0.2, -0.15) is 5.10 Å². The summed E-state index contributed by atoms with van der Waals surface area (Å²) in [6.07, 6.45) is 2.62. The van der Waals surface area contributed by atoms with E-state index in [-0.39, 0.29) is 5.91 Å². The quantitative estimate of drug-likeness (QED) is 0.802. The van der Waals surface area contributed by atoms with Crippen molar-refractivity contribution in [2.24, 2.45) is 0 Å². The molecule has 108 valence electrons. The Labute approximate surface area is 126 Å². The van der Waals surface area contributed by atoms with Crippen LogP contribution in [0.25, 0.3) is 10.2 Å². The second kappa shape index (κ2) is 5.65. The van der Waals surface area contributed by atoms with E-state index in [9.17, 15) is 4.79 Å². The fraction of sp³-hybridized carbons (Fsp3) is 0.267. The molecule has 3 aromatic rings. The lowest BCUT2D eigenvalue weighted by Gasteiger charge is -2.06. The van der Waals surface area contributed by atoms with Crippen molar-refractivity contribution in [2.45, 2.75) is 26.8 Å². The summed E-state index contributed by atoms with van der Waals surface area (Å²) in [5, 5.41) is 7.16. The lowest BCUT2D eigenvalue weighted by Crippen LogP contribution is -2.13. The number of anilines is 1. The number of nitrogens with one attached hydrogen (secondary N) is 1. The molecule has 0 aliphatic rings. The van der Waals surface area contributed by atoms with Crippen molar-refractivity contribution in [2.75, 3.05) is 5.32 Å². The van der Waals surface area contributed by atoms with Gasteiger partial charge in [0.25, 0.3) is 5.91 Å². The summed E-state index contributed by atoms with van der Waals surface area (Å²) in [7, 11) is 0. The number of thiazole rings is 1. The first-order valence-electron chi connectivity index (χ1n) is 6.86. The highest BCUT2D eigenvalue weighted by molar-refractivity contribution is 7.16. The third-order valence-electron chi connectivity index (χ3n) is 3.37. The van der Waals surface area contributed by atoms with E-state index < -0.39 is 0 Å². The van der Waals surface area contributed by atoms with Crippen molar-refractivity contribution < 1.29 is 4.79 Å². The zero-order valence-electron chi connectivity index (χ0n) is 12.0. The zero-order chi connectivity index (χ0) is 14.8. The van der Waals surface area contributed by atoms with Gasteiger partial charge in [-0.05, 0) is 31.5 Å². The maximum atomic E-state index is 12.3. The van der Waals surface area contributed by atoms with Crippen LogP contribution in [0, 0.1) is 6.92 Å². The van der Waals surface area contributed by atoms with Gasteiger partial charge < -0.3 is 5.32 Å². The van der Waals surface area contributed by atoms with E-state index in [1.54, 1.807) is 23.0 Å². The Morgan fingerprint density at radius 2 is 2.29 bits per heavy atom. The smallest absolute Gasteiger partial charge is 0.259 e. The van der Waals surface area contributed by atoms with Crippen LogP contribution >= 0.6 is 11.3 Å². The topological polar surface area (TPSA) is 59.8 Å². The molecule has 2 aromatic heterocycles. The summed E-state index contributed by atoms with van der Waals surface area (Å²) in [5.74, 6) is -0.135. The molecule has 2 heterocycles. The molecule has 1 N–H and O–H groups in total. The van der Waals surface area contributed by atoms with Crippen LogP contribution in [0.1, 0.15) is 29.4 Å². The van der Waals surface area contributed by atoms with E-state index in [0.717, 1.165) is 34.6 Å². The Hall–Kier alpha value is -2.21. The van der Waals surface area contributed by atoms with Gasteiger partial charge in [-0.1, -0.05) is 6.92 Å². The SMILES string of the molecule is CCCn1ncc(C(=O)Nc2ccc3scnc3c2)c1C. The number of benzene rings is 1. The molecule has 6 heteroatoms. The minimum atomic E-state index is -0.135. The maximum absolute atomic E-state index is 12.3. The van der Waals surface area contributed by atoms with Gasteiger partial charge in [-0.15, -0.1) is 11.3 Å². The summed E-state index contributed by atoms with van der Waals surface area (Å²) < 4.78 is 2.97. The van der Waals surface area contributed by atoms with Crippen molar-refractivity contribution in [3.63, 3.8) is 0 Å². The fourth-order valence-corrected chi connectivity index (χ4v) is 2.90. The highest BCUT2D eigenvalue weighted by atomic mass is 32.1. The zero-order valence-corrected chi connectivity index (χ0v) is 12.8. The van der Waals surface area contributed by atoms with Gasteiger partial charge in [-0.3, -0.25) is 9.48 Å². The first-order chi connectivity index (χ1) is 10.2. The van der Waals surface area contributed by atoms with Crippen LogP contribution in [-0.4, -0.2) is 20.7 Å². The van der Waals surface area contributed by atoms with Crippen LogP contribution in [-0.2, 0) is 6.54 Å². The van der Waals surface area contributed by atoms with Crippen LogP contribution in [0.4, 0.5) is 5.69 Å². The molecule has 0 spiro atoms. The molecular weight excluding hydrogens is 284 g/mol. The molecule has 1 amide bonds. The number of carbonyl (C=O) groups is 1. The Morgan fingerprint density at radius 1 is 1.43 bits per heavy atom. The average molecular weight is 300 g/mol. The van der Waals surface area contributed by atoms with Gasteiger partial charge in [-0.25, -0.2) is 4.98 Å². The number of carbonyl (C=O) groups excluding carboxylic acids is 1. The minimum absolute atomic E-state index is 0.135. The largest absolute Gasteiger partial charge is 0.322 e. The molecular formula is C15H16N4OS. The number of hydrogen-bond donors (Lipinski definition) is 1. The van der Waals surface area contributed by atoms with E-state index in [0.29, 0.717) is 5.56 Å². The molecule has 0 aliphatic heterocycles. The van der Waals surface area contributed by atoms with Crippen LogP contribution in [0.3, 0.4) is 0 Å². The van der Waals surface area contributed by atoms with Crippen molar-refractivity contribution in [3.05, 3.63) is 41.2 Å². The lowest BCUT2D eigenvalue weighted by atomic mass is 10.2. The number of fused-ring (bicyclic) bond motifs is 1. The molecule has 3 rings (SSSR count). The monoisotopic (exact) mass is 300 g/mol. The average Bonchev–Trinajstić information content (AvgIpc) is 3.06. The highest BCUT2D eigenvalue weighted by Gasteiger charge is 2.14. The predicted octanol–water partition coefficient (Wildman–Crippen LogP) is 3.46. The van der Waals surface area contributed by atoms with Crippen molar-refractivity contribution in [3.8, 4) is 0 Å². The summed E-state index contributed by atoms with van der Waals surface area (Å²) in [4.78, 5) is 16.6. The van der Waals surface area contributed by atoms with Gasteiger partial charge in [0.15, 0.2) is 0 Å². The number of aromatic nitrogens is 3. The fourth-order valence-electron chi connectivity index (χ4n) is 2.24. The van der Waals surface area contributed by atoms with Gasteiger partial charge in [0, 0.05) is 17.9 Å². The summed E-state index contributed by atoms with van der Waals surface area (Å²) in [6.45, 7) is 4.83. The molecule has 0 aliphatic carbocycles. The molecule has 0 radical (unpaired) electrons. The molecule has 5 nitrogen and oxygen atoms in total. The predicted molar refractivity (Wildman–Crippen MR) is 84.8 cm³/mol. The van der Waals surface area contributed by atoms with E-state index in [2.05, 4.69) is 22.3 Å². The van der Waals surface area contributed by atoms with Crippen molar-refractivity contribution in [1.82, 2.24) is 14.8 Å². The molecule has 21 heavy (non-hydrogen) atoms.